The number of carbonyl (C=O) groups excluding carboxylic acids is 1. The molecule has 0 unspecified atom stereocenters. The Morgan fingerprint density at radius 1 is 1.44 bits per heavy atom. The summed E-state index contributed by atoms with van der Waals surface area (Å²) in [5.41, 5.74) is 0.393. The number of ether oxygens (including phenoxy) is 1. The fraction of sp³-hybridized carbons (Fsp3) is 0.462. The van der Waals surface area contributed by atoms with Gasteiger partial charge in [-0.25, -0.2) is 0 Å². The van der Waals surface area contributed by atoms with Gasteiger partial charge in [-0.05, 0) is 40.5 Å². The quantitative estimate of drug-likeness (QED) is 0.779. The molecule has 1 aromatic rings. The van der Waals surface area contributed by atoms with Gasteiger partial charge in [0.2, 0.25) is 0 Å². The van der Waals surface area contributed by atoms with E-state index in [1.807, 2.05) is 39.0 Å². The van der Waals surface area contributed by atoms with Crippen LogP contribution in [0.5, 0.6) is 5.75 Å². The lowest BCUT2D eigenvalue weighted by molar-refractivity contribution is 0.0832. The average molecular weight is 285 g/mol. The number of ketones is 1. The minimum atomic E-state index is -0.322. The molecule has 0 saturated heterocycles. The highest BCUT2D eigenvalue weighted by atomic mass is 79.9. The third-order valence-corrected chi connectivity index (χ3v) is 3.58. The van der Waals surface area contributed by atoms with Gasteiger partial charge < -0.3 is 4.74 Å². The van der Waals surface area contributed by atoms with E-state index >= 15 is 0 Å². The fourth-order valence-corrected chi connectivity index (χ4v) is 1.87. The van der Waals surface area contributed by atoms with E-state index in [9.17, 15) is 4.79 Å². The number of carbonyl (C=O) groups is 1. The van der Waals surface area contributed by atoms with Gasteiger partial charge in [-0.15, -0.1) is 0 Å². The van der Waals surface area contributed by atoms with Gasteiger partial charge in [0, 0.05) is 15.5 Å². The predicted molar refractivity (Wildman–Crippen MR) is 69.1 cm³/mol. The molecule has 0 fully saturated rings. The highest BCUT2D eigenvalue weighted by Gasteiger charge is 2.27. The molecule has 0 spiro atoms. The van der Waals surface area contributed by atoms with E-state index in [1.54, 1.807) is 7.11 Å². The Morgan fingerprint density at radius 3 is 2.50 bits per heavy atom. The van der Waals surface area contributed by atoms with Crippen LogP contribution in [0.2, 0.25) is 0 Å². The van der Waals surface area contributed by atoms with Crippen molar-refractivity contribution in [2.45, 2.75) is 27.2 Å². The van der Waals surface area contributed by atoms with Crippen molar-refractivity contribution < 1.29 is 9.53 Å². The summed E-state index contributed by atoms with van der Waals surface area (Å²) in [5, 5.41) is 0. The van der Waals surface area contributed by atoms with Gasteiger partial charge in [-0.2, -0.15) is 0 Å². The molecule has 1 rings (SSSR count). The van der Waals surface area contributed by atoms with E-state index in [1.165, 1.54) is 0 Å². The standard InChI is InChI=1S/C13H17BrO2/c1-5-13(2,3)12(15)10-7-6-9(16-4)8-11(10)14/h6-8H,5H2,1-4H3. The molecule has 0 bridgehead atoms. The first kappa shape index (κ1) is 13.2. The van der Waals surface area contributed by atoms with Crippen LogP contribution in [0.4, 0.5) is 0 Å². The smallest absolute Gasteiger partial charge is 0.169 e. The summed E-state index contributed by atoms with van der Waals surface area (Å²) < 4.78 is 5.89. The van der Waals surface area contributed by atoms with Crippen LogP contribution in [0.25, 0.3) is 0 Å². The van der Waals surface area contributed by atoms with Crippen molar-refractivity contribution in [3.8, 4) is 5.75 Å². The first-order chi connectivity index (χ1) is 7.42. The maximum Gasteiger partial charge on any atom is 0.169 e. The highest BCUT2D eigenvalue weighted by Crippen LogP contribution is 2.31. The van der Waals surface area contributed by atoms with E-state index in [0.717, 1.165) is 16.6 Å². The summed E-state index contributed by atoms with van der Waals surface area (Å²) in [6.45, 7) is 5.95. The van der Waals surface area contributed by atoms with Gasteiger partial charge in [0.25, 0.3) is 0 Å². The second-order valence-corrected chi connectivity index (χ2v) is 5.27. The number of halogens is 1. The molecule has 0 aliphatic rings. The summed E-state index contributed by atoms with van der Waals surface area (Å²) >= 11 is 3.41. The molecule has 0 amide bonds. The Labute approximate surface area is 105 Å². The van der Waals surface area contributed by atoms with Crippen molar-refractivity contribution in [3.05, 3.63) is 28.2 Å². The van der Waals surface area contributed by atoms with Gasteiger partial charge in [0.15, 0.2) is 5.78 Å². The Morgan fingerprint density at radius 2 is 2.06 bits per heavy atom. The van der Waals surface area contributed by atoms with E-state index in [4.69, 9.17) is 4.74 Å². The van der Waals surface area contributed by atoms with Gasteiger partial charge in [0.1, 0.15) is 5.75 Å². The number of hydrogen-bond donors (Lipinski definition) is 0. The molecule has 3 heteroatoms. The zero-order valence-corrected chi connectivity index (χ0v) is 11.7. The molecule has 0 heterocycles. The second kappa shape index (κ2) is 5.00. The molecule has 0 saturated carbocycles. The molecular weight excluding hydrogens is 268 g/mol. The number of hydrogen-bond acceptors (Lipinski definition) is 2. The van der Waals surface area contributed by atoms with Crippen LogP contribution in [-0.4, -0.2) is 12.9 Å². The molecule has 2 nitrogen and oxygen atoms in total. The van der Waals surface area contributed by atoms with Crippen molar-refractivity contribution in [3.63, 3.8) is 0 Å². The van der Waals surface area contributed by atoms with Crippen LogP contribution in [0.1, 0.15) is 37.6 Å². The Bertz CT molecular complexity index is 397. The lowest BCUT2D eigenvalue weighted by Crippen LogP contribution is -2.23. The fourth-order valence-electron chi connectivity index (χ4n) is 1.33. The maximum atomic E-state index is 12.2. The largest absolute Gasteiger partial charge is 0.497 e. The van der Waals surface area contributed by atoms with Gasteiger partial charge in [0.05, 0.1) is 7.11 Å². The molecule has 16 heavy (non-hydrogen) atoms. The van der Waals surface area contributed by atoms with E-state index in [0.29, 0.717) is 5.56 Å². The van der Waals surface area contributed by atoms with Crippen LogP contribution in [0.3, 0.4) is 0 Å². The van der Waals surface area contributed by atoms with Gasteiger partial charge in [-0.3, -0.25) is 4.79 Å². The molecule has 0 N–H and O–H groups in total. The zero-order valence-electron chi connectivity index (χ0n) is 10.1. The second-order valence-electron chi connectivity index (χ2n) is 4.41. The van der Waals surface area contributed by atoms with Crippen molar-refractivity contribution in [1.82, 2.24) is 0 Å². The molecule has 0 aliphatic heterocycles. The lowest BCUT2D eigenvalue weighted by Gasteiger charge is -2.21. The van der Waals surface area contributed by atoms with Gasteiger partial charge in [-0.1, -0.05) is 20.8 Å². The van der Waals surface area contributed by atoms with Crippen molar-refractivity contribution in [2.75, 3.05) is 7.11 Å². The molecule has 0 radical (unpaired) electrons. The van der Waals surface area contributed by atoms with Crippen molar-refractivity contribution in [1.29, 1.82) is 0 Å². The number of rotatable bonds is 4. The summed E-state index contributed by atoms with van der Waals surface area (Å²) in [7, 11) is 1.61. The third kappa shape index (κ3) is 2.64. The van der Waals surface area contributed by atoms with E-state index in [2.05, 4.69) is 15.9 Å². The summed E-state index contributed by atoms with van der Waals surface area (Å²) in [6.07, 6.45) is 0.824. The number of methoxy groups -OCH3 is 1. The Kier molecular flexibility index (Phi) is 4.14. The monoisotopic (exact) mass is 284 g/mol. The highest BCUT2D eigenvalue weighted by molar-refractivity contribution is 9.10. The zero-order chi connectivity index (χ0) is 12.3. The topological polar surface area (TPSA) is 26.3 Å². The molecule has 88 valence electrons. The molecule has 0 atom stereocenters. The third-order valence-electron chi connectivity index (χ3n) is 2.92. The Hall–Kier alpha value is -0.830. The SMILES string of the molecule is CCC(C)(C)C(=O)c1ccc(OC)cc1Br. The van der Waals surface area contributed by atoms with Crippen LogP contribution >= 0.6 is 15.9 Å². The average Bonchev–Trinajstić information content (AvgIpc) is 2.28. The Balaban J connectivity index is 3.10. The number of Topliss-reactive ketones (excluding diaryl/α,β-unsaturated/α-hetero) is 1. The minimum Gasteiger partial charge on any atom is -0.497 e. The normalized spacial score (nSPS) is 11.3. The van der Waals surface area contributed by atoms with Crippen LogP contribution < -0.4 is 4.74 Å². The molecule has 0 aliphatic carbocycles. The lowest BCUT2D eigenvalue weighted by atomic mass is 9.82. The van der Waals surface area contributed by atoms with Crippen LogP contribution in [0.15, 0.2) is 22.7 Å². The van der Waals surface area contributed by atoms with Crippen LogP contribution in [0, 0.1) is 5.41 Å². The van der Waals surface area contributed by atoms with Crippen LogP contribution in [-0.2, 0) is 0 Å². The molecular formula is C13H17BrO2. The molecule has 1 aromatic carbocycles. The van der Waals surface area contributed by atoms with E-state index in [-0.39, 0.29) is 11.2 Å². The summed E-state index contributed by atoms with van der Waals surface area (Å²) in [5.74, 6) is 0.905. The van der Waals surface area contributed by atoms with Crippen molar-refractivity contribution >= 4 is 21.7 Å². The first-order valence-corrected chi connectivity index (χ1v) is 6.10. The van der Waals surface area contributed by atoms with Gasteiger partial charge >= 0.3 is 0 Å². The summed E-state index contributed by atoms with van der Waals surface area (Å²) in [4.78, 5) is 12.2. The first-order valence-electron chi connectivity index (χ1n) is 5.30. The minimum absolute atomic E-state index is 0.157. The predicted octanol–water partition coefficient (Wildman–Crippen LogP) is 4.08. The van der Waals surface area contributed by atoms with E-state index < -0.39 is 0 Å². The summed E-state index contributed by atoms with van der Waals surface area (Å²) in [6, 6.07) is 5.44. The maximum absolute atomic E-state index is 12.2. The molecule has 0 aromatic heterocycles. The van der Waals surface area contributed by atoms with Crippen molar-refractivity contribution in [2.24, 2.45) is 5.41 Å². The number of benzene rings is 1.